The number of nitrogens with zero attached hydrogens (tertiary/aromatic N) is 3. The summed E-state index contributed by atoms with van der Waals surface area (Å²) in [6.45, 7) is 4.44. The van der Waals surface area contributed by atoms with Crippen LogP contribution >= 0.6 is 11.6 Å². The Balaban J connectivity index is 1.53. The fourth-order valence-electron chi connectivity index (χ4n) is 3.73. The Morgan fingerprint density at radius 1 is 1.17 bits per heavy atom. The summed E-state index contributed by atoms with van der Waals surface area (Å²) in [7, 11) is 2.12. The summed E-state index contributed by atoms with van der Waals surface area (Å²) in [4.78, 5) is 11.2. The quantitative estimate of drug-likeness (QED) is 0.335. The van der Waals surface area contributed by atoms with Crippen molar-refractivity contribution in [3.8, 4) is 11.5 Å². The highest BCUT2D eigenvalue weighted by Gasteiger charge is 2.19. The van der Waals surface area contributed by atoms with E-state index in [0.717, 1.165) is 31.7 Å². The second kappa shape index (κ2) is 11.7. The van der Waals surface area contributed by atoms with Gasteiger partial charge in [-0.05, 0) is 51.1 Å². The maximum absolute atomic E-state index is 11.6. The van der Waals surface area contributed by atoms with Gasteiger partial charge in [0.15, 0.2) is 16.9 Å². The second-order valence-electron chi connectivity index (χ2n) is 8.10. The fourth-order valence-corrected chi connectivity index (χ4v) is 4.38. The Kier molecular flexibility index (Phi) is 8.40. The molecular weight excluding hydrogens is 490 g/mol. The second-order valence-corrected chi connectivity index (χ2v) is 9.44. The van der Waals surface area contributed by atoms with E-state index in [1.807, 2.05) is 25.1 Å². The van der Waals surface area contributed by atoms with Crippen LogP contribution in [0.3, 0.4) is 0 Å². The highest BCUT2D eigenvalue weighted by molar-refractivity contribution is 7.79. The number of benzene rings is 2. The molecule has 1 unspecified atom stereocenters. The molecule has 0 radical (unpaired) electrons. The van der Waals surface area contributed by atoms with E-state index in [1.165, 1.54) is 6.20 Å². The number of halogens is 1. The number of rotatable bonds is 9. The smallest absolute Gasteiger partial charge is 0.229 e. The molecule has 9 nitrogen and oxygen atoms in total. The van der Waals surface area contributed by atoms with E-state index in [4.69, 9.17) is 21.1 Å². The van der Waals surface area contributed by atoms with Crippen LogP contribution < -0.4 is 20.1 Å². The lowest BCUT2D eigenvalue weighted by Crippen LogP contribution is -2.35. The molecule has 0 amide bonds. The molecule has 1 fully saturated rings. The van der Waals surface area contributed by atoms with Crippen LogP contribution in [-0.4, -0.2) is 56.5 Å². The highest BCUT2D eigenvalue weighted by Crippen LogP contribution is 2.33. The Morgan fingerprint density at radius 3 is 2.69 bits per heavy atom. The molecule has 3 N–H and O–H groups in total. The van der Waals surface area contributed by atoms with Crippen LogP contribution in [0.1, 0.15) is 19.8 Å². The van der Waals surface area contributed by atoms with Gasteiger partial charge in [0.05, 0.1) is 29.1 Å². The fraction of sp³-hybridized carbons (Fsp3) is 0.333. The number of piperidine rings is 1. The molecule has 2 aromatic carbocycles. The lowest BCUT2D eigenvalue weighted by molar-refractivity contribution is 0.114. The molecule has 186 valence electrons. The molecule has 0 spiro atoms. The maximum Gasteiger partial charge on any atom is 0.229 e. The van der Waals surface area contributed by atoms with Crippen molar-refractivity contribution < 1.29 is 18.2 Å². The Bertz CT molecular complexity index is 1190. The minimum atomic E-state index is -2.17. The van der Waals surface area contributed by atoms with Crippen LogP contribution in [0, 0.1) is 0 Å². The Hall–Kier alpha value is -2.92. The lowest BCUT2D eigenvalue weighted by Gasteiger charge is -2.29. The van der Waals surface area contributed by atoms with Gasteiger partial charge in [0.2, 0.25) is 5.95 Å². The van der Waals surface area contributed by atoms with Crippen molar-refractivity contribution in [2.24, 2.45) is 0 Å². The molecular formula is C24H28ClN5O4S. The molecule has 0 bridgehead atoms. The van der Waals surface area contributed by atoms with Crippen molar-refractivity contribution in [3.05, 3.63) is 53.7 Å². The molecule has 1 saturated heterocycles. The van der Waals surface area contributed by atoms with E-state index < -0.39 is 11.1 Å². The normalized spacial score (nSPS) is 15.4. The molecule has 35 heavy (non-hydrogen) atoms. The largest absolute Gasteiger partial charge is 0.492 e. The van der Waals surface area contributed by atoms with Crippen LogP contribution in [0.15, 0.2) is 53.6 Å². The van der Waals surface area contributed by atoms with E-state index in [2.05, 4.69) is 32.5 Å². The molecule has 4 rings (SSSR count). The number of hydrogen-bond donors (Lipinski definition) is 3. The van der Waals surface area contributed by atoms with E-state index in [9.17, 15) is 8.76 Å². The average Bonchev–Trinajstić information content (AvgIpc) is 2.84. The first-order valence-corrected chi connectivity index (χ1v) is 12.8. The van der Waals surface area contributed by atoms with Crippen molar-refractivity contribution in [1.29, 1.82) is 0 Å². The number of nitrogens with one attached hydrogen (secondary N) is 2. The Labute approximate surface area is 212 Å². The molecule has 0 aliphatic carbocycles. The number of anilines is 4. The number of likely N-dealkylation sites (tertiary alicyclic amines) is 1. The monoisotopic (exact) mass is 517 g/mol. The van der Waals surface area contributed by atoms with Gasteiger partial charge in [-0.1, -0.05) is 23.7 Å². The number of ether oxygens (including phenoxy) is 2. The van der Waals surface area contributed by atoms with Crippen molar-refractivity contribution in [3.63, 3.8) is 0 Å². The summed E-state index contributed by atoms with van der Waals surface area (Å²) in [6, 6.07) is 12.3. The number of para-hydroxylation sites is 1. The number of hydrogen-bond acceptors (Lipinski definition) is 8. The van der Waals surface area contributed by atoms with Crippen LogP contribution in [0.4, 0.5) is 23.1 Å². The van der Waals surface area contributed by atoms with Crippen molar-refractivity contribution in [1.82, 2.24) is 14.9 Å². The molecule has 1 aliphatic rings. The van der Waals surface area contributed by atoms with E-state index in [-0.39, 0.29) is 22.0 Å². The SMILES string of the molecule is CCOc1cc(OC2CCN(C)CC2)ccc1Nc1ncc(Cl)c(Nc2ccccc2S(=O)O)n1. The predicted octanol–water partition coefficient (Wildman–Crippen LogP) is 5.07. The van der Waals surface area contributed by atoms with Crippen LogP contribution in [-0.2, 0) is 11.1 Å². The molecule has 1 aromatic heterocycles. The van der Waals surface area contributed by atoms with Gasteiger partial charge in [0.1, 0.15) is 22.6 Å². The van der Waals surface area contributed by atoms with Gasteiger partial charge >= 0.3 is 0 Å². The lowest BCUT2D eigenvalue weighted by atomic mass is 10.1. The molecule has 0 saturated carbocycles. The third kappa shape index (κ3) is 6.61. The van der Waals surface area contributed by atoms with Gasteiger partial charge in [-0.25, -0.2) is 9.19 Å². The first-order chi connectivity index (χ1) is 16.9. The maximum atomic E-state index is 11.6. The molecule has 2 heterocycles. The summed E-state index contributed by atoms with van der Waals surface area (Å²) in [5, 5.41) is 6.45. The summed E-state index contributed by atoms with van der Waals surface area (Å²) < 4.78 is 33.2. The van der Waals surface area contributed by atoms with E-state index >= 15 is 0 Å². The molecule has 11 heteroatoms. The summed E-state index contributed by atoms with van der Waals surface area (Å²) in [5.41, 5.74) is 1.10. The average molecular weight is 518 g/mol. The van der Waals surface area contributed by atoms with Crippen LogP contribution in [0.25, 0.3) is 0 Å². The minimum absolute atomic E-state index is 0.184. The van der Waals surface area contributed by atoms with Crippen LogP contribution in [0.2, 0.25) is 5.02 Å². The minimum Gasteiger partial charge on any atom is -0.492 e. The predicted molar refractivity (Wildman–Crippen MR) is 138 cm³/mol. The number of aromatic nitrogens is 2. The van der Waals surface area contributed by atoms with Crippen molar-refractivity contribution in [2.75, 3.05) is 37.4 Å². The van der Waals surface area contributed by atoms with Crippen molar-refractivity contribution >= 4 is 45.8 Å². The van der Waals surface area contributed by atoms with Gasteiger partial charge < -0.3 is 29.6 Å². The zero-order valence-corrected chi connectivity index (χ0v) is 21.1. The standard InChI is InChI=1S/C24H28ClN5O4S/c1-3-33-21-14-17(34-16-10-12-30(2)13-11-16)8-9-19(21)28-24-26-15-18(25)23(29-24)27-20-6-4-5-7-22(20)35(31)32/h4-9,14-16H,3,10-13H2,1-2H3,(H,31,32)(H2,26,27,28,29). The van der Waals surface area contributed by atoms with E-state index in [0.29, 0.717) is 29.5 Å². The van der Waals surface area contributed by atoms with Gasteiger partial charge in [-0.2, -0.15) is 4.98 Å². The van der Waals surface area contributed by atoms with Gasteiger partial charge in [-0.15, -0.1) is 0 Å². The molecule has 1 aliphatic heterocycles. The highest BCUT2D eigenvalue weighted by atomic mass is 35.5. The first-order valence-electron chi connectivity index (χ1n) is 11.3. The van der Waals surface area contributed by atoms with E-state index in [1.54, 1.807) is 24.3 Å². The van der Waals surface area contributed by atoms with Gasteiger partial charge in [-0.3, -0.25) is 0 Å². The van der Waals surface area contributed by atoms with Crippen LogP contribution in [0.5, 0.6) is 11.5 Å². The molecule has 1 atom stereocenters. The topological polar surface area (TPSA) is 109 Å². The van der Waals surface area contributed by atoms with Crippen molar-refractivity contribution in [2.45, 2.75) is 30.8 Å². The Morgan fingerprint density at radius 2 is 1.94 bits per heavy atom. The third-order valence-corrected chi connectivity index (χ3v) is 6.55. The summed E-state index contributed by atoms with van der Waals surface area (Å²) in [6.07, 6.45) is 3.61. The molecule has 3 aromatic rings. The summed E-state index contributed by atoms with van der Waals surface area (Å²) >= 11 is 4.12. The zero-order chi connectivity index (χ0) is 24.8. The van der Waals surface area contributed by atoms with Gasteiger partial charge in [0, 0.05) is 19.2 Å². The first kappa shape index (κ1) is 25.2. The third-order valence-electron chi connectivity index (χ3n) is 5.54. The van der Waals surface area contributed by atoms with Gasteiger partial charge in [0.25, 0.3) is 0 Å². The zero-order valence-electron chi connectivity index (χ0n) is 19.5. The summed E-state index contributed by atoms with van der Waals surface area (Å²) in [5.74, 6) is 1.94.